The second-order valence-corrected chi connectivity index (χ2v) is 19.1. The van der Waals surface area contributed by atoms with E-state index in [2.05, 4.69) is 189 Å². The fraction of sp³-hybridized carbons (Fsp3) is 0.250. The summed E-state index contributed by atoms with van der Waals surface area (Å²) in [6.07, 6.45) is 0. The van der Waals surface area contributed by atoms with E-state index in [1.807, 2.05) is 22.7 Å². The van der Waals surface area contributed by atoms with Crippen molar-refractivity contribution in [2.24, 2.45) is 0 Å². The second-order valence-electron chi connectivity index (χ2n) is 17.0. The molecule has 0 amide bonds. The normalized spacial score (nSPS) is 18.2. The van der Waals surface area contributed by atoms with E-state index in [9.17, 15) is 0 Å². The summed E-state index contributed by atoms with van der Waals surface area (Å²) in [6.45, 7) is 16.7. The summed E-state index contributed by atoms with van der Waals surface area (Å²) in [5.41, 5.74) is 5.82. The second kappa shape index (κ2) is 13.7. The highest BCUT2D eigenvalue weighted by Crippen LogP contribution is 2.42. The predicted octanol–water partition coefficient (Wildman–Crippen LogP) is 12.0. The maximum Gasteiger partial charge on any atom is 0.494 e. The molecule has 4 heterocycles. The van der Waals surface area contributed by atoms with Gasteiger partial charge in [-0.3, -0.25) is 0 Å². The van der Waals surface area contributed by atoms with Crippen LogP contribution in [0.3, 0.4) is 0 Å². The third-order valence-electron chi connectivity index (χ3n) is 12.3. The first-order valence-corrected chi connectivity index (χ1v) is 21.1. The lowest BCUT2D eigenvalue weighted by Crippen LogP contribution is -2.41. The maximum atomic E-state index is 6.19. The zero-order chi connectivity index (χ0) is 39.0. The standard InChI is InChI=1S/2C24H23BO2S/c1-23(2)24(3,4)27-25(26-23)17-14-12-16(13-15-17)18-9-7-10-20-19-8-5-6-11-21(19)28-22(18)20;1-23(2)24(3,4)27-25(26-23)17-14-12-16(13-15-17)18-9-7-11-21-22(18)19-8-5-6-10-20(19)28-21/h2*5-15H,1-4H3. The van der Waals surface area contributed by atoms with Crippen molar-refractivity contribution in [1.29, 1.82) is 0 Å². The lowest BCUT2D eigenvalue weighted by molar-refractivity contribution is 0.00578. The third-order valence-corrected chi connectivity index (χ3v) is 14.7. The van der Waals surface area contributed by atoms with Crippen LogP contribution in [-0.2, 0) is 18.6 Å². The Kier molecular flexibility index (Phi) is 9.12. The summed E-state index contributed by atoms with van der Waals surface area (Å²) >= 11 is 3.72. The molecule has 2 aliphatic rings. The highest BCUT2D eigenvalue weighted by molar-refractivity contribution is 7.26. The average molecular weight is 773 g/mol. The molecule has 0 atom stereocenters. The van der Waals surface area contributed by atoms with Gasteiger partial charge in [-0.25, -0.2) is 0 Å². The number of thiophene rings is 2. The van der Waals surface area contributed by atoms with Crippen LogP contribution >= 0.6 is 22.7 Å². The predicted molar refractivity (Wildman–Crippen MR) is 241 cm³/mol. The maximum absolute atomic E-state index is 6.19. The highest BCUT2D eigenvalue weighted by Gasteiger charge is 2.52. The van der Waals surface area contributed by atoms with Crippen LogP contribution in [0.4, 0.5) is 0 Å². The summed E-state index contributed by atoms with van der Waals surface area (Å²) < 4.78 is 30.1. The molecule has 8 aromatic rings. The molecule has 0 radical (unpaired) electrons. The molecule has 2 aromatic heterocycles. The molecule has 8 heteroatoms. The van der Waals surface area contributed by atoms with Crippen molar-refractivity contribution in [2.75, 3.05) is 0 Å². The van der Waals surface area contributed by atoms with Gasteiger partial charge in [-0.1, -0.05) is 115 Å². The number of hydrogen-bond acceptors (Lipinski definition) is 6. The van der Waals surface area contributed by atoms with Crippen LogP contribution < -0.4 is 10.9 Å². The molecule has 2 fully saturated rings. The lowest BCUT2D eigenvalue weighted by Gasteiger charge is -2.32. The Morgan fingerprint density at radius 3 is 1.34 bits per heavy atom. The molecular weight excluding hydrogens is 726 g/mol. The number of benzene rings is 6. The molecule has 0 spiro atoms. The Bertz CT molecular complexity index is 2690. The van der Waals surface area contributed by atoms with Gasteiger partial charge < -0.3 is 18.6 Å². The minimum absolute atomic E-state index is 0.320. The van der Waals surface area contributed by atoms with E-state index in [0.717, 1.165) is 10.9 Å². The first-order valence-electron chi connectivity index (χ1n) is 19.4. The van der Waals surface area contributed by atoms with E-state index in [0.29, 0.717) is 0 Å². The van der Waals surface area contributed by atoms with Crippen LogP contribution in [0, 0.1) is 0 Å². The molecule has 0 bridgehead atoms. The molecule has 2 aliphatic heterocycles. The summed E-state index contributed by atoms with van der Waals surface area (Å²) in [7, 11) is -0.643. The van der Waals surface area contributed by atoms with Gasteiger partial charge in [-0.15, -0.1) is 22.7 Å². The summed E-state index contributed by atoms with van der Waals surface area (Å²) in [4.78, 5) is 0. The van der Waals surface area contributed by atoms with Crippen LogP contribution in [0.1, 0.15) is 55.4 Å². The molecule has 0 saturated carbocycles. The fourth-order valence-electron chi connectivity index (χ4n) is 7.59. The van der Waals surface area contributed by atoms with E-state index < -0.39 is 0 Å². The molecule has 280 valence electrons. The van der Waals surface area contributed by atoms with Crippen molar-refractivity contribution < 1.29 is 18.6 Å². The van der Waals surface area contributed by atoms with Gasteiger partial charge in [0.2, 0.25) is 0 Å². The molecule has 0 N–H and O–H groups in total. The Balaban J connectivity index is 0.000000146. The topological polar surface area (TPSA) is 36.9 Å². The third kappa shape index (κ3) is 6.41. The van der Waals surface area contributed by atoms with Crippen molar-refractivity contribution in [1.82, 2.24) is 0 Å². The molecule has 6 aromatic carbocycles. The molecule has 2 saturated heterocycles. The minimum atomic E-state index is -0.322. The van der Waals surface area contributed by atoms with Crippen LogP contribution in [0.15, 0.2) is 133 Å². The van der Waals surface area contributed by atoms with Crippen LogP contribution in [-0.4, -0.2) is 36.6 Å². The number of fused-ring (bicyclic) bond motifs is 6. The molecule has 0 aliphatic carbocycles. The van der Waals surface area contributed by atoms with Gasteiger partial charge >= 0.3 is 14.2 Å². The number of hydrogen-bond donors (Lipinski definition) is 0. The smallest absolute Gasteiger partial charge is 0.399 e. The monoisotopic (exact) mass is 772 g/mol. The van der Waals surface area contributed by atoms with E-state index in [1.54, 1.807) is 0 Å². The summed E-state index contributed by atoms with van der Waals surface area (Å²) in [5.74, 6) is 0. The van der Waals surface area contributed by atoms with E-state index in [1.165, 1.54) is 62.6 Å². The van der Waals surface area contributed by atoms with Crippen LogP contribution in [0.25, 0.3) is 62.6 Å². The average Bonchev–Trinajstić information content (AvgIpc) is 3.88. The van der Waals surface area contributed by atoms with Crippen molar-refractivity contribution >= 4 is 88.2 Å². The first kappa shape index (κ1) is 37.3. The SMILES string of the molecule is CC1(C)OB(c2ccc(-c3cccc4c3sc3ccccc34)cc2)OC1(C)C.CC1(C)OB(c2ccc(-c3cccc4sc5ccccc5c34)cc2)OC1(C)C. The van der Waals surface area contributed by atoms with Crippen molar-refractivity contribution in [3.8, 4) is 22.3 Å². The van der Waals surface area contributed by atoms with E-state index in [-0.39, 0.29) is 36.6 Å². The zero-order valence-corrected chi connectivity index (χ0v) is 34.9. The van der Waals surface area contributed by atoms with Crippen LogP contribution in [0.2, 0.25) is 0 Å². The Morgan fingerprint density at radius 2 is 0.786 bits per heavy atom. The van der Waals surface area contributed by atoms with E-state index in [4.69, 9.17) is 18.6 Å². The van der Waals surface area contributed by atoms with Gasteiger partial charge in [0.25, 0.3) is 0 Å². The molecule has 0 unspecified atom stereocenters. The van der Waals surface area contributed by atoms with E-state index >= 15 is 0 Å². The minimum Gasteiger partial charge on any atom is -0.399 e. The lowest BCUT2D eigenvalue weighted by atomic mass is 9.78. The van der Waals surface area contributed by atoms with Gasteiger partial charge in [-0.05, 0) is 107 Å². The Labute approximate surface area is 338 Å². The molecular formula is C48H46B2O4S2. The Morgan fingerprint density at radius 1 is 0.375 bits per heavy atom. The van der Waals surface area contributed by atoms with Crippen molar-refractivity contribution in [3.63, 3.8) is 0 Å². The fourth-order valence-corrected chi connectivity index (χ4v) is 9.96. The summed E-state index contributed by atoms with van der Waals surface area (Å²) in [5, 5.41) is 5.32. The quantitative estimate of drug-likeness (QED) is 0.167. The number of rotatable bonds is 4. The van der Waals surface area contributed by atoms with Gasteiger partial charge in [0.05, 0.1) is 22.4 Å². The largest absolute Gasteiger partial charge is 0.494 e. The van der Waals surface area contributed by atoms with Gasteiger partial charge in [0, 0.05) is 40.3 Å². The first-order chi connectivity index (χ1) is 26.7. The highest BCUT2D eigenvalue weighted by atomic mass is 32.1. The van der Waals surface area contributed by atoms with Crippen molar-refractivity contribution in [3.05, 3.63) is 133 Å². The van der Waals surface area contributed by atoms with Gasteiger partial charge in [0.1, 0.15) is 0 Å². The van der Waals surface area contributed by atoms with Gasteiger partial charge in [0.15, 0.2) is 0 Å². The van der Waals surface area contributed by atoms with Crippen LogP contribution in [0.5, 0.6) is 0 Å². The Hall–Kier alpha value is -4.27. The summed E-state index contributed by atoms with van der Waals surface area (Å²) in [6, 6.07) is 47.7. The molecule has 10 rings (SSSR count). The molecule has 56 heavy (non-hydrogen) atoms. The van der Waals surface area contributed by atoms with Gasteiger partial charge in [-0.2, -0.15) is 0 Å². The zero-order valence-electron chi connectivity index (χ0n) is 33.3. The van der Waals surface area contributed by atoms with Crippen molar-refractivity contribution in [2.45, 2.75) is 77.8 Å². The molecule has 4 nitrogen and oxygen atoms in total.